The Kier molecular flexibility index (Phi) is 3.83. The number of ether oxygens (including phenoxy) is 1. The van der Waals surface area contributed by atoms with Crippen LogP contribution in [0.4, 0.5) is 5.69 Å². The highest BCUT2D eigenvalue weighted by atomic mass is 16.5. The van der Waals surface area contributed by atoms with Gasteiger partial charge in [-0.25, -0.2) is 0 Å². The summed E-state index contributed by atoms with van der Waals surface area (Å²) in [7, 11) is 1.36. The van der Waals surface area contributed by atoms with Gasteiger partial charge in [0.05, 0.1) is 19.2 Å². The molecule has 0 radical (unpaired) electrons. The molecule has 2 aromatic carbocycles. The normalized spacial score (nSPS) is 12.5. The second-order valence-electron chi connectivity index (χ2n) is 5.15. The second kappa shape index (κ2) is 5.93. The first kappa shape index (κ1) is 14.2. The molecule has 22 heavy (non-hydrogen) atoms. The molecule has 4 heteroatoms. The topological polar surface area (TPSA) is 55.7 Å². The first-order valence-electron chi connectivity index (χ1n) is 7.03. The highest BCUT2D eigenvalue weighted by Gasteiger charge is 2.19. The number of rotatable bonds is 4. The summed E-state index contributed by atoms with van der Waals surface area (Å²) in [6, 6.07) is 14.6. The van der Waals surface area contributed by atoms with Gasteiger partial charge in [-0.05, 0) is 11.6 Å². The Hall–Kier alpha value is -2.75. The van der Waals surface area contributed by atoms with Crippen LogP contribution in [-0.4, -0.2) is 24.6 Å². The largest absolute Gasteiger partial charge is 0.469 e. The number of hydrogen-bond donors (Lipinski definition) is 0. The Morgan fingerprint density at radius 2 is 1.86 bits per heavy atom. The van der Waals surface area contributed by atoms with E-state index in [-0.39, 0.29) is 18.2 Å². The molecule has 0 spiro atoms. The van der Waals surface area contributed by atoms with E-state index >= 15 is 0 Å². The third-order valence-electron chi connectivity index (χ3n) is 3.63. The highest BCUT2D eigenvalue weighted by Crippen LogP contribution is 2.29. The fourth-order valence-corrected chi connectivity index (χ4v) is 2.49. The van der Waals surface area contributed by atoms with Gasteiger partial charge in [0, 0.05) is 23.3 Å². The number of benzene rings is 2. The predicted octanol–water partition coefficient (Wildman–Crippen LogP) is 3.11. The number of aliphatic imine (C=N–C) groups is 1. The van der Waals surface area contributed by atoms with Gasteiger partial charge in [-0.3, -0.25) is 14.6 Å². The maximum atomic E-state index is 12.4. The summed E-state index contributed by atoms with van der Waals surface area (Å²) < 4.78 is 4.66. The third kappa shape index (κ3) is 2.81. The average Bonchev–Trinajstić information content (AvgIpc) is 2.96. The molecule has 4 nitrogen and oxygen atoms in total. The summed E-state index contributed by atoms with van der Waals surface area (Å²) in [5, 5.41) is 0. The zero-order valence-corrected chi connectivity index (χ0v) is 12.2. The van der Waals surface area contributed by atoms with E-state index in [0.29, 0.717) is 17.5 Å². The molecule has 110 valence electrons. The lowest BCUT2D eigenvalue weighted by Gasteiger charge is -2.03. The van der Waals surface area contributed by atoms with Crippen LogP contribution in [0.1, 0.15) is 27.9 Å². The van der Waals surface area contributed by atoms with Crippen LogP contribution in [0.15, 0.2) is 53.5 Å². The fourth-order valence-electron chi connectivity index (χ4n) is 2.49. The van der Waals surface area contributed by atoms with Gasteiger partial charge in [0.15, 0.2) is 5.78 Å². The number of ketones is 1. The van der Waals surface area contributed by atoms with Crippen LogP contribution in [0.5, 0.6) is 0 Å². The van der Waals surface area contributed by atoms with Crippen LogP contribution >= 0.6 is 0 Å². The van der Waals surface area contributed by atoms with Crippen LogP contribution in [0.2, 0.25) is 0 Å². The van der Waals surface area contributed by atoms with Crippen molar-refractivity contribution in [2.24, 2.45) is 4.99 Å². The van der Waals surface area contributed by atoms with Crippen LogP contribution in [0, 0.1) is 0 Å². The molecule has 0 aromatic heterocycles. The van der Waals surface area contributed by atoms with E-state index < -0.39 is 0 Å². The van der Waals surface area contributed by atoms with Gasteiger partial charge in [-0.2, -0.15) is 0 Å². The maximum absolute atomic E-state index is 12.4. The first-order chi connectivity index (χ1) is 10.7. The Morgan fingerprint density at radius 3 is 2.59 bits per heavy atom. The van der Waals surface area contributed by atoms with Gasteiger partial charge >= 0.3 is 5.97 Å². The quantitative estimate of drug-likeness (QED) is 0.643. The molecular weight excluding hydrogens is 278 g/mol. The van der Waals surface area contributed by atoms with E-state index in [2.05, 4.69) is 9.73 Å². The molecule has 1 aliphatic rings. The van der Waals surface area contributed by atoms with Crippen molar-refractivity contribution in [2.45, 2.75) is 12.8 Å². The van der Waals surface area contributed by atoms with Gasteiger partial charge in [0.25, 0.3) is 0 Å². The first-order valence-corrected chi connectivity index (χ1v) is 7.03. The van der Waals surface area contributed by atoms with Crippen molar-refractivity contribution in [3.05, 3.63) is 65.2 Å². The lowest BCUT2D eigenvalue weighted by Crippen LogP contribution is -2.09. The van der Waals surface area contributed by atoms with Crippen molar-refractivity contribution < 1.29 is 14.3 Å². The van der Waals surface area contributed by atoms with Crippen molar-refractivity contribution in [1.29, 1.82) is 0 Å². The van der Waals surface area contributed by atoms with Crippen molar-refractivity contribution in [2.75, 3.05) is 7.11 Å². The van der Waals surface area contributed by atoms with Gasteiger partial charge in [-0.1, -0.05) is 42.5 Å². The van der Waals surface area contributed by atoms with Gasteiger partial charge in [0.2, 0.25) is 0 Å². The highest BCUT2D eigenvalue weighted by molar-refractivity contribution is 6.10. The van der Waals surface area contributed by atoms with Gasteiger partial charge in [-0.15, -0.1) is 0 Å². The molecule has 0 fully saturated rings. The molecule has 1 heterocycles. The number of hydrogen-bond acceptors (Lipinski definition) is 4. The van der Waals surface area contributed by atoms with E-state index in [9.17, 15) is 9.59 Å². The fraction of sp³-hybridized carbons (Fsp3) is 0.167. The number of carbonyl (C=O) groups excluding carboxylic acids is 2. The number of methoxy groups -OCH3 is 1. The van der Waals surface area contributed by atoms with Crippen LogP contribution in [0.25, 0.3) is 0 Å². The third-order valence-corrected chi connectivity index (χ3v) is 3.63. The van der Waals surface area contributed by atoms with E-state index in [4.69, 9.17) is 0 Å². The number of carbonyl (C=O) groups is 2. The Labute approximate surface area is 128 Å². The minimum atomic E-state index is -0.299. The number of fused-ring (bicyclic) bond motifs is 1. The van der Waals surface area contributed by atoms with E-state index in [1.807, 2.05) is 30.3 Å². The van der Waals surface area contributed by atoms with E-state index in [1.165, 1.54) is 7.11 Å². The zero-order valence-electron chi connectivity index (χ0n) is 12.2. The predicted molar refractivity (Wildman–Crippen MR) is 83.7 cm³/mol. The van der Waals surface area contributed by atoms with Crippen molar-refractivity contribution in [1.82, 2.24) is 0 Å². The Bertz CT molecular complexity index is 763. The summed E-state index contributed by atoms with van der Waals surface area (Å²) in [5.74, 6) is -0.327. The molecule has 0 amide bonds. The molecule has 0 bridgehead atoms. The lowest BCUT2D eigenvalue weighted by atomic mass is 10.00. The Balaban J connectivity index is 1.85. The van der Waals surface area contributed by atoms with Gasteiger partial charge in [0.1, 0.15) is 0 Å². The molecule has 1 aliphatic heterocycles. The SMILES string of the molecule is COC(=O)CC1=Nc2cc(C(=O)c3ccccc3)ccc2C1. The molecular formula is C18H15NO3. The lowest BCUT2D eigenvalue weighted by molar-refractivity contribution is -0.139. The average molecular weight is 293 g/mol. The molecule has 2 aromatic rings. The van der Waals surface area contributed by atoms with E-state index in [0.717, 1.165) is 17.0 Å². The van der Waals surface area contributed by atoms with Crippen LogP contribution in [-0.2, 0) is 16.0 Å². The standard InChI is InChI=1S/C18H15NO3/c1-22-17(20)11-15-9-13-7-8-14(10-16(13)19-15)18(21)12-5-3-2-4-6-12/h2-8,10H,9,11H2,1H3. The molecule has 0 saturated carbocycles. The van der Waals surface area contributed by atoms with Crippen LogP contribution in [0.3, 0.4) is 0 Å². The zero-order chi connectivity index (χ0) is 15.5. The van der Waals surface area contributed by atoms with Crippen molar-refractivity contribution in [3.63, 3.8) is 0 Å². The van der Waals surface area contributed by atoms with Gasteiger partial charge < -0.3 is 4.74 Å². The summed E-state index contributed by atoms with van der Waals surface area (Å²) in [4.78, 5) is 28.2. The summed E-state index contributed by atoms with van der Waals surface area (Å²) in [5.41, 5.74) is 3.82. The van der Waals surface area contributed by atoms with E-state index in [1.54, 1.807) is 18.2 Å². The maximum Gasteiger partial charge on any atom is 0.311 e. The molecule has 0 N–H and O–H groups in total. The molecule has 0 atom stereocenters. The summed E-state index contributed by atoms with van der Waals surface area (Å²) in [6.07, 6.45) is 0.817. The van der Waals surface area contributed by atoms with Crippen molar-refractivity contribution in [3.8, 4) is 0 Å². The summed E-state index contributed by atoms with van der Waals surface area (Å²) >= 11 is 0. The smallest absolute Gasteiger partial charge is 0.311 e. The second-order valence-corrected chi connectivity index (χ2v) is 5.15. The molecule has 0 unspecified atom stereocenters. The Morgan fingerprint density at radius 1 is 1.09 bits per heavy atom. The minimum absolute atomic E-state index is 0.0278. The molecule has 0 aliphatic carbocycles. The minimum Gasteiger partial charge on any atom is -0.469 e. The molecule has 3 rings (SSSR count). The number of nitrogens with zero attached hydrogens (tertiary/aromatic N) is 1. The van der Waals surface area contributed by atoms with Crippen LogP contribution < -0.4 is 0 Å². The number of esters is 1. The molecule has 0 saturated heterocycles. The summed E-state index contributed by atoms with van der Waals surface area (Å²) in [6.45, 7) is 0. The monoisotopic (exact) mass is 293 g/mol. The van der Waals surface area contributed by atoms with Crippen molar-refractivity contribution >= 4 is 23.2 Å².